The molecule has 0 radical (unpaired) electrons. The summed E-state index contributed by atoms with van der Waals surface area (Å²) >= 11 is 6.27. The van der Waals surface area contributed by atoms with Gasteiger partial charge in [0.05, 0.1) is 5.02 Å². The minimum Gasteiger partial charge on any atom is -0.340 e. The number of nitrogens with zero attached hydrogens (tertiary/aromatic N) is 3. The molecule has 1 saturated heterocycles. The minimum absolute atomic E-state index is 0.000874. The van der Waals surface area contributed by atoms with E-state index in [0.29, 0.717) is 30.7 Å². The molecule has 0 spiro atoms. The molecule has 4 rings (SSSR count). The van der Waals surface area contributed by atoms with E-state index in [-0.39, 0.29) is 21.4 Å². The van der Waals surface area contributed by atoms with Crippen LogP contribution in [0.5, 0.6) is 0 Å². The lowest BCUT2D eigenvalue weighted by Crippen LogP contribution is -2.33. The van der Waals surface area contributed by atoms with Gasteiger partial charge in [-0.2, -0.15) is 9.29 Å². The molecule has 1 aromatic heterocycles. The van der Waals surface area contributed by atoms with Gasteiger partial charge in [0.25, 0.3) is 5.91 Å². The van der Waals surface area contributed by atoms with Crippen molar-refractivity contribution < 1.29 is 17.7 Å². The lowest BCUT2D eigenvalue weighted by atomic mass is 10.0. The number of nitrogens with one attached hydrogen (secondary N) is 1. The van der Waals surface area contributed by atoms with Crippen LogP contribution >= 0.6 is 11.6 Å². The number of carbonyl (C=O) groups excluding carboxylic acids is 1. The van der Waals surface area contributed by atoms with Crippen molar-refractivity contribution in [2.45, 2.75) is 69.2 Å². The summed E-state index contributed by atoms with van der Waals surface area (Å²) in [6.45, 7) is 4.82. The van der Waals surface area contributed by atoms with E-state index < -0.39 is 22.0 Å². The third kappa shape index (κ3) is 5.00. The highest BCUT2D eigenvalue weighted by atomic mass is 35.5. The first-order valence-corrected chi connectivity index (χ1v) is 13.0. The van der Waals surface area contributed by atoms with E-state index in [9.17, 15) is 13.2 Å². The third-order valence-corrected chi connectivity index (χ3v) is 8.38. The summed E-state index contributed by atoms with van der Waals surface area (Å²) in [6.07, 6.45) is 5.77. The standard InChI is InChI=1S/C22H29ClN4O4S/c1-14(2)19(22-25-20(26-31-22)15-7-8-15)24-21(28)16-9-10-17(23)18(13-16)32(29,30)27-11-5-3-4-6-12-27/h9-10,13-15,19H,3-8,11-12H2,1-2H3,(H,24,28). The Balaban J connectivity index is 1.56. The molecule has 10 heteroatoms. The van der Waals surface area contributed by atoms with Gasteiger partial charge >= 0.3 is 0 Å². The zero-order valence-electron chi connectivity index (χ0n) is 18.4. The lowest BCUT2D eigenvalue weighted by molar-refractivity contribution is 0.0913. The van der Waals surface area contributed by atoms with Crippen LogP contribution < -0.4 is 5.32 Å². The molecule has 2 heterocycles. The highest BCUT2D eigenvalue weighted by Crippen LogP contribution is 2.38. The Morgan fingerprint density at radius 3 is 2.50 bits per heavy atom. The summed E-state index contributed by atoms with van der Waals surface area (Å²) in [4.78, 5) is 17.5. The van der Waals surface area contributed by atoms with E-state index in [1.165, 1.54) is 22.5 Å². The number of hydrogen-bond donors (Lipinski definition) is 1. The van der Waals surface area contributed by atoms with Gasteiger partial charge in [0.1, 0.15) is 10.9 Å². The van der Waals surface area contributed by atoms with Crippen LogP contribution in [0.15, 0.2) is 27.6 Å². The monoisotopic (exact) mass is 480 g/mol. The van der Waals surface area contributed by atoms with Crippen LogP contribution in [0.2, 0.25) is 5.02 Å². The van der Waals surface area contributed by atoms with Gasteiger partial charge in [-0.05, 0) is 49.8 Å². The summed E-state index contributed by atoms with van der Waals surface area (Å²) in [5.74, 6) is 0.968. The molecule has 2 aromatic rings. The minimum atomic E-state index is -3.79. The van der Waals surface area contributed by atoms with Crippen molar-refractivity contribution >= 4 is 27.5 Å². The molecule has 1 aliphatic carbocycles. The lowest BCUT2D eigenvalue weighted by Gasteiger charge is -2.21. The average molecular weight is 481 g/mol. The van der Waals surface area contributed by atoms with Crippen molar-refractivity contribution in [3.8, 4) is 0 Å². The van der Waals surface area contributed by atoms with Crippen LogP contribution in [0, 0.1) is 5.92 Å². The number of sulfonamides is 1. The zero-order valence-corrected chi connectivity index (χ0v) is 20.0. The number of aromatic nitrogens is 2. The Labute approximate surface area is 193 Å². The summed E-state index contributed by atoms with van der Waals surface area (Å²) in [5, 5.41) is 7.07. The molecule has 8 nitrogen and oxygen atoms in total. The average Bonchev–Trinajstić information content (AvgIpc) is 3.55. The number of amides is 1. The Morgan fingerprint density at radius 2 is 1.88 bits per heavy atom. The van der Waals surface area contributed by atoms with Gasteiger partial charge in [-0.1, -0.05) is 43.4 Å². The number of rotatable bonds is 7. The molecular weight excluding hydrogens is 452 g/mol. The Kier molecular flexibility index (Phi) is 6.88. The molecule has 2 fully saturated rings. The fourth-order valence-corrected chi connectivity index (χ4v) is 5.90. The van der Waals surface area contributed by atoms with Gasteiger partial charge in [0, 0.05) is 24.6 Å². The fraction of sp³-hybridized carbons (Fsp3) is 0.591. The van der Waals surface area contributed by atoms with Crippen LogP contribution in [0.3, 0.4) is 0 Å². The molecular formula is C22H29ClN4O4S. The zero-order chi connectivity index (χ0) is 22.9. The van der Waals surface area contributed by atoms with E-state index in [4.69, 9.17) is 16.1 Å². The van der Waals surface area contributed by atoms with Gasteiger partial charge in [0.15, 0.2) is 5.82 Å². The van der Waals surface area contributed by atoms with Crippen LogP contribution in [-0.4, -0.2) is 41.9 Å². The molecule has 1 amide bonds. The second-order valence-electron chi connectivity index (χ2n) is 8.92. The van der Waals surface area contributed by atoms with Crippen molar-refractivity contribution in [1.29, 1.82) is 0 Å². The van der Waals surface area contributed by atoms with Crippen molar-refractivity contribution in [2.24, 2.45) is 5.92 Å². The second kappa shape index (κ2) is 9.49. The first kappa shape index (κ1) is 23.2. The molecule has 1 unspecified atom stereocenters. The molecule has 174 valence electrons. The maximum absolute atomic E-state index is 13.2. The largest absolute Gasteiger partial charge is 0.340 e. The number of hydrogen-bond acceptors (Lipinski definition) is 6. The molecule has 1 atom stereocenters. The molecule has 32 heavy (non-hydrogen) atoms. The molecule has 2 aliphatic rings. The normalized spacial score (nSPS) is 19.0. The van der Waals surface area contributed by atoms with E-state index in [1.54, 1.807) is 0 Å². The SMILES string of the molecule is CC(C)C(NC(=O)c1ccc(Cl)c(S(=O)(=O)N2CCCCCC2)c1)c1nc(C2CC2)no1. The quantitative estimate of drug-likeness (QED) is 0.633. The highest BCUT2D eigenvalue weighted by molar-refractivity contribution is 7.89. The number of halogens is 1. The predicted octanol–water partition coefficient (Wildman–Crippen LogP) is 4.29. The number of benzene rings is 1. The van der Waals surface area contributed by atoms with E-state index in [0.717, 1.165) is 38.5 Å². The smallest absolute Gasteiger partial charge is 0.251 e. The topological polar surface area (TPSA) is 105 Å². The van der Waals surface area contributed by atoms with E-state index in [1.807, 2.05) is 13.8 Å². The van der Waals surface area contributed by atoms with E-state index in [2.05, 4.69) is 15.5 Å². The van der Waals surface area contributed by atoms with Crippen molar-refractivity contribution in [3.63, 3.8) is 0 Å². The fourth-order valence-electron chi connectivity index (χ4n) is 3.88. The van der Waals surface area contributed by atoms with Gasteiger partial charge in [-0.15, -0.1) is 0 Å². The van der Waals surface area contributed by atoms with Crippen LogP contribution in [-0.2, 0) is 10.0 Å². The molecule has 1 aromatic carbocycles. The molecule has 1 aliphatic heterocycles. The second-order valence-corrected chi connectivity index (χ2v) is 11.2. The van der Waals surface area contributed by atoms with Crippen LogP contribution in [0.25, 0.3) is 0 Å². The number of carbonyl (C=O) groups is 1. The first-order chi connectivity index (χ1) is 15.3. The van der Waals surface area contributed by atoms with Gasteiger partial charge in [-0.25, -0.2) is 8.42 Å². The Hall–Kier alpha value is -1.97. The predicted molar refractivity (Wildman–Crippen MR) is 120 cm³/mol. The first-order valence-electron chi connectivity index (χ1n) is 11.2. The Morgan fingerprint density at radius 1 is 1.19 bits per heavy atom. The van der Waals surface area contributed by atoms with Crippen molar-refractivity contribution in [1.82, 2.24) is 19.8 Å². The highest BCUT2D eigenvalue weighted by Gasteiger charge is 2.32. The molecule has 0 bridgehead atoms. The maximum atomic E-state index is 13.2. The summed E-state index contributed by atoms with van der Waals surface area (Å²) in [7, 11) is -3.79. The van der Waals surface area contributed by atoms with Crippen LogP contribution in [0.4, 0.5) is 0 Å². The van der Waals surface area contributed by atoms with E-state index >= 15 is 0 Å². The van der Waals surface area contributed by atoms with Gasteiger partial charge in [-0.3, -0.25) is 4.79 Å². The van der Waals surface area contributed by atoms with Gasteiger partial charge in [0.2, 0.25) is 15.9 Å². The molecule has 1 N–H and O–H groups in total. The van der Waals surface area contributed by atoms with Gasteiger partial charge < -0.3 is 9.84 Å². The summed E-state index contributed by atoms with van der Waals surface area (Å²) < 4.78 is 33.4. The van der Waals surface area contributed by atoms with Crippen molar-refractivity contribution in [2.75, 3.05) is 13.1 Å². The van der Waals surface area contributed by atoms with Crippen LogP contribution in [0.1, 0.15) is 86.4 Å². The Bertz CT molecular complexity index is 1070. The maximum Gasteiger partial charge on any atom is 0.251 e. The van der Waals surface area contributed by atoms with Crippen molar-refractivity contribution in [3.05, 3.63) is 40.5 Å². The third-order valence-electron chi connectivity index (χ3n) is 6.00. The summed E-state index contributed by atoms with van der Waals surface area (Å²) in [5.41, 5.74) is 0.218. The summed E-state index contributed by atoms with van der Waals surface area (Å²) in [6, 6.07) is 3.87. The molecule has 1 saturated carbocycles.